The Morgan fingerprint density at radius 1 is 1.06 bits per heavy atom. The number of benzene rings is 3. The third-order valence-electron chi connectivity index (χ3n) is 4.92. The number of hydrogen-bond donors (Lipinski definition) is 1. The molecule has 3 aromatic rings. The van der Waals surface area contributed by atoms with Gasteiger partial charge in [-0.1, -0.05) is 71.9 Å². The highest BCUT2D eigenvalue weighted by molar-refractivity contribution is 8.15. The van der Waals surface area contributed by atoms with Gasteiger partial charge in [0.1, 0.15) is 6.61 Å². The fourth-order valence-electron chi connectivity index (χ4n) is 3.22. The molecule has 1 fully saturated rings. The molecule has 1 amide bonds. The van der Waals surface area contributed by atoms with Crippen molar-refractivity contribution in [2.45, 2.75) is 18.3 Å². The molecule has 0 bridgehead atoms. The number of carbonyl (C=O) groups is 1. The molecule has 168 valence electrons. The van der Waals surface area contributed by atoms with E-state index < -0.39 is 0 Å². The molecule has 3 aromatic carbocycles. The highest BCUT2D eigenvalue weighted by Gasteiger charge is 2.30. The van der Waals surface area contributed by atoms with Crippen LogP contribution in [0.15, 0.2) is 83.0 Å². The Morgan fingerprint density at radius 2 is 1.85 bits per heavy atom. The Morgan fingerprint density at radius 3 is 2.64 bits per heavy atom. The molecule has 0 radical (unpaired) electrons. The van der Waals surface area contributed by atoms with Crippen LogP contribution in [0.5, 0.6) is 11.5 Å². The van der Waals surface area contributed by atoms with Crippen LogP contribution in [-0.4, -0.2) is 29.6 Å². The van der Waals surface area contributed by atoms with E-state index in [2.05, 4.69) is 15.5 Å². The van der Waals surface area contributed by atoms with Gasteiger partial charge < -0.3 is 14.8 Å². The van der Waals surface area contributed by atoms with Gasteiger partial charge >= 0.3 is 0 Å². The molecule has 1 aliphatic heterocycles. The zero-order valence-corrected chi connectivity index (χ0v) is 19.5. The van der Waals surface area contributed by atoms with Crippen LogP contribution in [-0.2, 0) is 17.8 Å². The van der Waals surface area contributed by atoms with E-state index in [1.165, 1.54) is 11.8 Å². The Hall–Kier alpha value is -3.29. The first kappa shape index (κ1) is 22.9. The van der Waals surface area contributed by atoms with Crippen LogP contribution in [0.25, 0.3) is 0 Å². The smallest absolute Gasteiger partial charge is 0.239 e. The van der Waals surface area contributed by atoms with Gasteiger partial charge in [0, 0.05) is 5.02 Å². The second-order valence-electron chi connectivity index (χ2n) is 7.23. The maximum Gasteiger partial charge on any atom is 0.239 e. The molecule has 4 rings (SSSR count). The number of amidine groups is 1. The highest BCUT2D eigenvalue weighted by atomic mass is 35.5. The van der Waals surface area contributed by atoms with Gasteiger partial charge in [0.05, 0.1) is 18.6 Å². The van der Waals surface area contributed by atoms with Crippen LogP contribution in [0, 0.1) is 0 Å². The first-order valence-corrected chi connectivity index (χ1v) is 11.5. The largest absolute Gasteiger partial charge is 0.493 e. The van der Waals surface area contributed by atoms with Crippen molar-refractivity contribution in [1.29, 1.82) is 0 Å². The van der Waals surface area contributed by atoms with Gasteiger partial charge in [-0.25, -0.2) is 0 Å². The summed E-state index contributed by atoms with van der Waals surface area (Å²) in [5, 5.41) is 11.9. The SMILES string of the molecule is COc1cc(/C=N/N=C2\NC(=O)C(Cc3ccccc3Cl)S2)ccc1OCc1ccccc1. The fourth-order valence-corrected chi connectivity index (χ4v) is 4.38. The molecule has 1 N–H and O–H groups in total. The molecule has 6 nitrogen and oxygen atoms in total. The van der Waals surface area contributed by atoms with Gasteiger partial charge in [0.2, 0.25) is 5.91 Å². The predicted octanol–water partition coefficient (Wildman–Crippen LogP) is 5.09. The van der Waals surface area contributed by atoms with Crippen molar-refractivity contribution in [2.24, 2.45) is 10.2 Å². The van der Waals surface area contributed by atoms with Crippen molar-refractivity contribution < 1.29 is 14.3 Å². The third kappa shape index (κ3) is 6.15. The van der Waals surface area contributed by atoms with E-state index in [0.29, 0.717) is 34.7 Å². The topological polar surface area (TPSA) is 72.3 Å². The van der Waals surface area contributed by atoms with Crippen LogP contribution in [0.2, 0.25) is 5.02 Å². The molecule has 33 heavy (non-hydrogen) atoms. The van der Waals surface area contributed by atoms with Crippen LogP contribution in [0.4, 0.5) is 0 Å². The molecular formula is C25H22ClN3O3S. The minimum Gasteiger partial charge on any atom is -0.493 e. The van der Waals surface area contributed by atoms with E-state index in [-0.39, 0.29) is 11.2 Å². The maximum atomic E-state index is 12.3. The van der Waals surface area contributed by atoms with Gasteiger partial charge in [-0.2, -0.15) is 5.10 Å². The number of methoxy groups -OCH3 is 1. The van der Waals surface area contributed by atoms with Crippen LogP contribution >= 0.6 is 23.4 Å². The number of hydrogen-bond acceptors (Lipinski definition) is 6. The summed E-state index contributed by atoms with van der Waals surface area (Å²) in [6.07, 6.45) is 2.13. The number of carbonyl (C=O) groups excluding carboxylic acids is 1. The number of rotatable bonds is 8. The Kier molecular flexibility index (Phi) is 7.65. The van der Waals surface area contributed by atoms with E-state index in [1.807, 2.05) is 72.8 Å². The van der Waals surface area contributed by atoms with Gasteiger partial charge in [-0.05, 0) is 47.4 Å². The molecule has 1 aliphatic rings. The Balaban J connectivity index is 1.37. The lowest BCUT2D eigenvalue weighted by molar-refractivity contribution is -0.118. The van der Waals surface area contributed by atoms with Crippen molar-refractivity contribution in [1.82, 2.24) is 5.32 Å². The second kappa shape index (κ2) is 11.0. The van der Waals surface area contributed by atoms with Gasteiger partial charge in [-0.3, -0.25) is 4.79 Å². The van der Waals surface area contributed by atoms with E-state index in [1.54, 1.807) is 13.3 Å². The summed E-state index contributed by atoms with van der Waals surface area (Å²) in [7, 11) is 1.59. The molecule has 1 unspecified atom stereocenters. The summed E-state index contributed by atoms with van der Waals surface area (Å²) < 4.78 is 11.3. The van der Waals surface area contributed by atoms with E-state index in [4.69, 9.17) is 21.1 Å². The average Bonchev–Trinajstić information content (AvgIpc) is 3.19. The van der Waals surface area contributed by atoms with Crippen molar-refractivity contribution in [3.05, 3.63) is 94.5 Å². The second-order valence-corrected chi connectivity index (χ2v) is 8.82. The van der Waals surface area contributed by atoms with Crippen LogP contribution in [0.3, 0.4) is 0 Å². The normalized spacial score (nSPS) is 16.8. The molecule has 1 atom stereocenters. The summed E-state index contributed by atoms with van der Waals surface area (Å²) in [5.41, 5.74) is 2.80. The Bertz CT molecular complexity index is 1180. The van der Waals surface area contributed by atoms with Crippen LogP contribution in [0.1, 0.15) is 16.7 Å². The summed E-state index contributed by atoms with van der Waals surface area (Å²) in [4.78, 5) is 12.3. The zero-order valence-electron chi connectivity index (χ0n) is 17.9. The lowest BCUT2D eigenvalue weighted by atomic mass is 10.1. The van der Waals surface area contributed by atoms with Gasteiger partial charge in [-0.15, -0.1) is 5.10 Å². The fraction of sp³-hybridized carbons (Fsp3) is 0.160. The number of thioether (sulfide) groups is 1. The molecular weight excluding hydrogens is 458 g/mol. The van der Waals surface area contributed by atoms with E-state index in [9.17, 15) is 4.79 Å². The van der Waals surface area contributed by atoms with E-state index in [0.717, 1.165) is 16.7 Å². The minimum atomic E-state index is -0.292. The summed E-state index contributed by atoms with van der Waals surface area (Å²) in [5.74, 6) is 1.15. The lowest BCUT2D eigenvalue weighted by Gasteiger charge is -2.11. The first-order valence-electron chi connectivity index (χ1n) is 10.3. The van der Waals surface area contributed by atoms with Crippen molar-refractivity contribution in [3.63, 3.8) is 0 Å². The lowest BCUT2D eigenvalue weighted by Crippen LogP contribution is -2.26. The minimum absolute atomic E-state index is 0.101. The number of nitrogens with zero attached hydrogens (tertiary/aromatic N) is 2. The molecule has 8 heteroatoms. The third-order valence-corrected chi connectivity index (χ3v) is 6.36. The molecule has 1 saturated heterocycles. The monoisotopic (exact) mass is 479 g/mol. The number of nitrogens with one attached hydrogen (secondary N) is 1. The molecule has 0 saturated carbocycles. The summed E-state index contributed by atoms with van der Waals surface area (Å²) >= 11 is 7.56. The Labute approximate surface area is 201 Å². The highest BCUT2D eigenvalue weighted by Crippen LogP contribution is 2.29. The number of ether oxygens (including phenoxy) is 2. The van der Waals surface area contributed by atoms with Crippen molar-refractivity contribution >= 4 is 40.7 Å². The molecule has 0 aliphatic carbocycles. The molecule has 0 aromatic heterocycles. The van der Waals surface area contributed by atoms with Crippen molar-refractivity contribution in [3.8, 4) is 11.5 Å². The number of halogens is 1. The van der Waals surface area contributed by atoms with Gasteiger partial charge in [0.15, 0.2) is 16.7 Å². The standard InChI is InChI=1S/C25H22ClN3O3S/c1-31-22-13-18(11-12-21(22)32-16-17-7-3-2-4-8-17)15-27-29-25-28-24(30)23(33-25)14-19-9-5-6-10-20(19)26/h2-13,15,23H,14,16H2,1H3,(H,28,29,30)/b27-15+. The first-order chi connectivity index (χ1) is 16.1. The molecule has 1 heterocycles. The predicted molar refractivity (Wildman–Crippen MR) is 133 cm³/mol. The zero-order chi connectivity index (χ0) is 23.0. The maximum absolute atomic E-state index is 12.3. The van der Waals surface area contributed by atoms with Crippen LogP contribution < -0.4 is 14.8 Å². The van der Waals surface area contributed by atoms with Gasteiger partial charge in [0.25, 0.3) is 0 Å². The quantitative estimate of drug-likeness (QED) is 0.360. The van der Waals surface area contributed by atoms with E-state index >= 15 is 0 Å². The summed E-state index contributed by atoms with van der Waals surface area (Å²) in [6, 6.07) is 23.0. The molecule has 0 spiro atoms. The summed E-state index contributed by atoms with van der Waals surface area (Å²) in [6.45, 7) is 0.449. The average molecular weight is 480 g/mol. The van der Waals surface area contributed by atoms with Crippen molar-refractivity contribution in [2.75, 3.05) is 7.11 Å². The number of amides is 1.